The molecule has 0 aliphatic carbocycles. The van der Waals surface area contributed by atoms with Crippen molar-refractivity contribution in [2.75, 3.05) is 18.6 Å². The first kappa shape index (κ1) is 21.7. The Kier molecular flexibility index (Phi) is 5.80. The Balaban J connectivity index is 1.67. The van der Waals surface area contributed by atoms with E-state index in [-0.39, 0.29) is 18.1 Å². The Bertz CT molecular complexity index is 1290. The van der Waals surface area contributed by atoms with Gasteiger partial charge in [0, 0.05) is 25.0 Å². The molecule has 4 rings (SSSR count). The van der Waals surface area contributed by atoms with Gasteiger partial charge in [0.05, 0.1) is 5.69 Å². The lowest BCUT2D eigenvalue weighted by molar-refractivity contribution is -0.112. The van der Waals surface area contributed by atoms with Crippen molar-refractivity contribution in [3.8, 4) is 17.0 Å². The van der Waals surface area contributed by atoms with E-state index in [1.165, 1.54) is 4.90 Å². The van der Waals surface area contributed by atoms with E-state index in [1.54, 1.807) is 25.5 Å². The molecule has 1 aliphatic rings. The quantitative estimate of drug-likeness (QED) is 0.560. The molecule has 3 heterocycles. The zero-order valence-corrected chi connectivity index (χ0v) is 19.4. The number of anilines is 1. The Hall–Kier alpha value is -3.51. The maximum atomic E-state index is 12.9. The smallest absolute Gasteiger partial charge is 0.315 e. The van der Waals surface area contributed by atoms with E-state index < -0.39 is 11.8 Å². The number of aromatic nitrogens is 3. The van der Waals surface area contributed by atoms with E-state index in [2.05, 4.69) is 29.2 Å². The van der Waals surface area contributed by atoms with Crippen LogP contribution in [0, 0.1) is 20.8 Å². The molecule has 162 valence electrons. The van der Waals surface area contributed by atoms with Crippen LogP contribution >= 0.6 is 9.24 Å². The summed E-state index contributed by atoms with van der Waals surface area (Å²) in [6, 6.07) is 7.72. The van der Waals surface area contributed by atoms with E-state index in [4.69, 9.17) is 4.74 Å². The monoisotopic (exact) mass is 447 g/mol. The Morgan fingerprint density at radius 3 is 2.66 bits per heavy atom. The molecule has 0 bridgehead atoms. The molecule has 0 saturated carbocycles. The molecule has 1 aliphatic heterocycles. The second-order valence-electron chi connectivity index (χ2n) is 7.65. The fourth-order valence-electron chi connectivity index (χ4n) is 3.41. The minimum Gasteiger partial charge on any atom is -0.483 e. The standard InChI is InChI=1S/C23H22N5O3P/c1-12-7-18-21(25-9-12)28(4)23(30)17(11-31-18)26-22(29)20-24-10-14(3)19(27-20)16-6-5-15(32)8-13(16)2/h5-10H,11,32H2,1-4H3/b26-17+. The van der Waals surface area contributed by atoms with Crippen LogP contribution in [-0.2, 0) is 4.79 Å². The van der Waals surface area contributed by atoms with Gasteiger partial charge in [-0.25, -0.2) is 19.9 Å². The molecule has 8 nitrogen and oxygen atoms in total. The number of benzene rings is 1. The minimum atomic E-state index is -0.706. The first-order valence-electron chi connectivity index (χ1n) is 9.94. The summed E-state index contributed by atoms with van der Waals surface area (Å²) in [5, 5.41) is 1.06. The molecule has 1 unspecified atom stereocenters. The van der Waals surface area contributed by atoms with Crippen molar-refractivity contribution >= 4 is 37.9 Å². The lowest BCUT2D eigenvalue weighted by Crippen LogP contribution is -2.35. The van der Waals surface area contributed by atoms with Crippen molar-refractivity contribution in [1.82, 2.24) is 15.0 Å². The summed E-state index contributed by atoms with van der Waals surface area (Å²) in [6.45, 7) is 5.59. The predicted octanol–water partition coefficient (Wildman–Crippen LogP) is 2.60. The number of hydrogen-bond donors (Lipinski definition) is 0. The molecule has 9 heteroatoms. The number of fused-ring (bicyclic) bond motifs is 1. The second-order valence-corrected chi connectivity index (χ2v) is 8.32. The van der Waals surface area contributed by atoms with Crippen LogP contribution in [0.25, 0.3) is 11.3 Å². The number of amides is 2. The first-order chi connectivity index (χ1) is 15.2. The van der Waals surface area contributed by atoms with E-state index in [0.717, 1.165) is 27.6 Å². The lowest BCUT2D eigenvalue weighted by atomic mass is 10.0. The highest BCUT2D eigenvalue weighted by molar-refractivity contribution is 7.27. The van der Waals surface area contributed by atoms with Gasteiger partial charge in [-0.3, -0.25) is 14.5 Å². The van der Waals surface area contributed by atoms with E-state index in [1.807, 2.05) is 39.0 Å². The maximum Gasteiger partial charge on any atom is 0.315 e. The molecule has 1 aromatic carbocycles. The summed E-state index contributed by atoms with van der Waals surface area (Å²) in [5.74, 6) is -0.422. The number of aliphatic imine (C=N–C) groups is 1. The molecule has 32 heavy (non-hydrogen) atoms. The summed E-state index contributed by atoms with van der Waals surface area (Å²) in [6.07, 6.45) is 3.23. The highest BCUT2D eigenvalue weighted by Crippen LogP contribution is 2.28. The molecule has 2 aromatic heterocycles. The van der Waals surface area contributed by atoms with Gasteiger partial charge in [0.25, 0.3) is 5.91 Å². The lowest BCUT2D eigenvalue weighted by Gasteiger charge is -2.14. The zero-order valence-electron chi connectivity index (χ0n) is 18.2. The van der Waals surface area contributed by atoms with E-state index in [9.17, 15) is 9.59 Å². The first-order valence-corrected chi connectivity index (χ1v) is 10.5. The van der Waals surface area contributed by atoms with Gasteiger partial charge in [-0.05, 0) is 48.8 Å². The fraction of sp³-hybridized carbons (Fsp3) is 0.217. The molecule has 0 spiro atoms. The summed E-state index contributed by atoms with van der Waals surface area (Å²) in [5.41, 5.74) is 4.27. The Morgan fingerprint density at radius 1 is 1.12 bits per heavy atom. The fourth-order valence-corrected chi connectivity index (χ4v) is 3.76. The summed E-state index contributed by atoms with van der Waals surface area (Å²) >= 11 is 0. The third-order valence-corrected chi connectivity index (χ3v) is 5.47. The van der Waals surface area contributed by atoms with E-state index >= 15 is 0 Å². The van der Waals surface area contributed by atoms with Crippen molar-refractivity contribution in [3.05, 3.63) is 59.2 Å². The predicted molar refractivity (Wildman–Crippen MR) is 126 cm³/mol. The highest BCUT2D eigenvalue weighted by Gasteiger charge is 2.28. The average molecular weight is 447 g/mol. The third kappa shape index (κ3) is 4.14. The van der Waals surface area contributed by atoms with Crippen molar-refractivity contribution in [2.24, 2.45) is 4.99 Å². The van der Waals surface area contributed by atoms with E-state index in [0.29, 0.717) is 17.3 Å². The zero-order chi connectivity index (χ0) is 23.0. The van der Waals surface area contributed by atoms with Gasteiger partial charge in [-0.15, -0.1) is 9.24 Å². The van der Waals surface area contributed by atoms with Gasteiger partial charge in [0.1, 0.15) is 12.3 Å². The van der Waals surface area contributed by atoms with Crippen LogP contribution in [0.3, 0.4) is 0 Å². The van der Waals surface area contributed by atoms with Crippen LogP contribution in [0.15, 0.2) is 41.7 Å². The van der Waals surface area contributed by atoms with Crippen LogP contribution in [0.4, 0.5) is 5.82 Å². The Morgan fingerprint density at radius 2 is 1.91 bits per heavy atom. The number of rotatable bonds is 2. The number of nitrogens with zero attached hydrogens (tertiary/aromatic N) is 5. The van der Waals surface area contributed by atoms with Crippen molar-refractivity contribution in [3.63, 3.8) is 0 Å². The van der Waals surface area contributed by atoms with Crippen LogP contribution in [0.1, 0.15) is 27.3 Å². The van der Waals surface area contributed by atoms with Gasteiger partial charge in [-0.2, -0.15) is 0 Å². The number of hydrogen-bond acceptors (Lipinski definition) is 6. The largest absolute Gasteiger partial charge is 0.483 e. The molecule has 0 radical (unpaired) electrons. The van der Waals surface area contributed by atoms with Crippen molar-refractivity contribution < 1.29 is 14.3 Å². The maximum absolute atomic E-state index is 12.9. The van der Waals surface area contributed by atoms with Crippen molar-refractivity contribution in [1.29, 1.82) is 0 Å². The van der Waals surface area contributed by atoms with Crippen LogP contribution < -0.4 is 14.9 Å². The number of ether oxygens (including phenoxy) is 1. The van der Waals surface area contributed by atoms with Crippen LogP contribution in [0.5, 0.6) is 5.75 Å². The number of aryl methyl sites for hydroxylation is 3. The summed E-state index contributed by atoms with van der Waals surface area (Å²) in [4.78, 5) is 43.9. The summed E-state index contributed by atoms with van der Waals surface area (Å²) in [7, 11) is 4.22. The SMILES string of the molecule is Cc1cnc2c(c1)OC/C(=N\C(=O)c1ncc(C)c(-c3ccc(P)cc3C)n1)C(=O)N2C. The second kappa shape index (κ2) is 8.55. The Labute approximate surface area is 188 Å². The van der Waals surface area contributed by atoms with Gasteiger partial charge in [-0.1, -0.05) is 18.2 Å². The van der Waals surface area contributed by atoms with Gasteiger partial charge in [0.15, 0.2) is 11.6 Å². The molecule has 0 N–H and O–H groups in total. The van der Waals surface area contributed by atoms with Gasteiger partial charge < -0.3 is 4.74 Å². The molecule has 2 amide bonds. The van der Waals surface area contributed by atoms with Crippen molar-refractivity contribution in [2.45, 2.75) is 20.8 Å². The average Bonchev–Trinajstić information content (AvgIpc) is 2.86. The third-order valence-electron chi connectivity index (χ3n) is 5.11. The number of carbonyl (C=O) groups excluding carboxylic acids is 2. The molecule has 0 saturated heterocycles. The number of pyridine rings is 1. The normalized spacial score (nSPS) is 14.7. The molecule has 3 aromatic rings. The van der Waals surface area contributed by atoms with Crippen LogP contribution in [-0.4, -0.2) is 46.1 Å². The highest BCUT2D eigenvalue weighted by atomic mass is 31.0. The molecule has 0 fully saturated rings. The summed E-state index contributed by atoms with van der Waals surface area (Å²) < 4.78 is 5.71. The van der Waals surface area contributed by atoms with Crippen LogP contribution in [0.2, 0.25) is 0 Å². The topological polar surface area (TPSA) is 97.6 Å². The minimum absolute atomic E-state index is 0.0394. The molecular weight excluding hydrogens is 425 g/mol. The number of carbonyl (C=O) groups is 2. The van der Waals surface area contributed by atoms with Gasteiger partial charge in [0.2, 0.25) is 5.82 Å². The molecule has 1 atom stereocenters. The van der Waals surface area contributed by atoms with Gasteiger partial charge >= 0.3 is 5.91 Å². The molecular formula is C23H22N5O3P.